The normalized spacial score (nSPS) is 12.5. The van der Waals surface area contributed by atoms with Gasteiger partial charge in [0, 0.05) is 0 Å². The van der Waals surface area contributed by atoms with Gasteiger partial charge in [-0.1, -0.05) is 203 Å². The second kappa shape index (κ2) is 12.8. The molecule has 53 heavy (non-hydrogen) atoms. The Morgan fingerprint density at radius 1 is 0.283 bits per heavy atom. The van der Waals surface area contributed by atoms with E-state index in [0.717, 1.165) is 12.8 Å². The molecule has 0 atom stereocenters. The van der Waals surface area contributed by atoms with Crippen molar-refractivity contribution < 1.29 is 0 Å². The molecule has 2 heterocycles. The van der Waals surface area contributed by atoms with Crippen molar-refractivity contribution in [2.75, 3.05) is 0 Å². The van der Waals surface area contributed by atoms with Crippen molar-refractivity contribution in [2.45, 2.75) is 26.7 Å². The molecule has 0 spiro atoms. The monoisotopic (exact) mass is 674 g/mol. The Morgan fingerprint density at radius 3 is 0.906 bits per heavy atom. The first-order valence-electron chi connectivity index (χ1n) is 18.9. The van der Waals surface area contributed by atoms with Crippen molar-refractivity contribution in [1.29, 1.82) is 0 Å². The molecule has 0 radical (unpaired) electrons. The molecule has 1 heteroatoms. The molecule has 0 aliphatic carbocycles. The van der Waals surface area contributed by atoms with Crippen LogP contribution in [-0.4, -0.2) is 6.71 Å². The van der Waals surface area contributed by atoms with Gasteiger partial charge in [0.25, 0.3) is 0 Å². The quantitative estimate of drug-likeness (QED) is 0.159. The summed E-state index contributed by atoms with van der Waals surface area (Å²) >= 11 is 0. The van der Waals surface area contributed by atoms with Crippen LogP contribution in [0.1, 0.15) is 33.4 Å². The first-order valence-corrected chi connectivity index (χ1v) is 18.9. The van der Waals surface area contributed by atoms with Gasteiger partial charge in [-0.15, -0.1) is 0 Å². The molecule has 2 aliphatic heterocycles. The topological polar surface area (TPSA) is 0 Å². The minimum Gasteiger partial charge on any atom is -0.0622 e. The van der Waals surface area contributed by atoms with Gasteiger partial charge in [0.1, 0.15) is 0 Å². The lowest BCUT2D eigenvalue weighted by molar-refractivity contribution is 1.14. The van der Waals surface area contributed by atoms with Crippen LogP contribution in [0.3, 0.4) is 0 Å². The molecule has 0 unspecified atom stereocenters. The van der Waals surface area contributed by atoms with Crippen LogP contribution in [0.4, 0.5) is 0 Å². The van der Waals surface area contributed by atoms with Crippen molar-refractivity contribution in [1.82, 2.24) is 0 Å². The average Bonchev–Trinajstić information content (AvgIpc) is 3.21. The molecule has 8 aromatic carbocycles. The second-order valence-corrected chi connectivity index (χ2v) is 15.0. The molecule has 0 aromatic heterocycles. The minimum absolute atomic E-state index is 0.223. The van der Waals surface area contributed by atoms with E-state index in [2.05, 4.69) is 190 Å². The van der Waals surface area contributed by atoms with Crippen molar-refractivity contribution in [3.8, 4) is 55.6 Å². The molecule has 0 saturated carbocycles. The Bertz CT molecular complexity index is 2470. The molecule has 0 bridgehead atoms. The molecule has 0 N–H and O–H groups in total. The third-order valence-electron chi connectivity index (χ3n) is 11.7. The Morgan fingerprint density at radius 2 is 0.547 bits per heavy atom. The Hall–Kier alpha value is -6.18. The van der Waals surface area contributed by atoms with Gasteiger partial charge >= 0.3 is 0 Å². The van der Waals surface area contributed by atoms with Crippen LogP contribution >= 0.6 is 0 Å². The number of rotatable bonds is 5. The summed E-state index contributed by atoms with van der Waals surface area (Å²) in [6.07, 6.45) is 1.90. The van der Waals surface area contributed by atoms with Gasteiger partial charge in [0.05, 0.1) is 0 Å². The number of benzene rings is 8. The Balaban J connectivity index is 1.10. The van der Waals surface area contributed by atoms with E-state index in [4.69, 9.17) is 0 Å². The zero-order valence-corrected chi connectivity index (χ0v) is 30.2. The standard InChI is InChI=1S/C52H39B/c1-34-26-43(41-22-18-39(19-23-41)36-12-6-3-7-13-36)28-46-32-48-30-45(38-16-10-5-11-17-38)31-49-33-47-29-44(27-35(2)51(47)53(50(34)46)52(48)49)42-24-20-40(21-25-42)37-14-8-4-9-15-37/h3-31H,32-33H2,1-2H3. The molecule has 0 fully saturated rings. The Labute approximate surface area is 313 Å². The van der Waals surface area contributed by atoms with Gasteiger partial charge in [-0.05, 0) is 105 Å². The second-order valence-electron chi connectivity index (χ2n) is 15.0. The highest BCUT2D eigenvalue weighted by Crippen LogP contribution is 2.34. The van der Waals surface area contributed by atoms with E-state index < -0.39 is 0 Å². The fourth-order valence-corrected chi connectivity index (χ4v) is 9.25. The van der Waals surface area contributed by atoms with Crippen LogP contribution in [0, 0.1) is 13.8 Å². The maximum absolute atomic E-state index is 2.49. The zero-order valence-electron chi connectivity index (χ0n) is 30.2. The van der Waals surface area contributed by atoms with Gasteiger partial charge < -0.3 is 0 Å². The maximum atomic E-state index is 2.49. The van der Waals surface area contributed by atoms with Crippen molar-refractivity contribution >= 4 is 23.1 Å². The molecule has 0 nitrogen and oxygen atoms in total. The van der Waals surface area contributed by atoms with Gasteiger partial charge in [-0.2, -0.15) is 0 Å². The summed E-state index contributed by atoms with van der Waals surface area (Å²) in [5, 5.41) is 0. The molecule has 2 aliphatic rings. The molecule has 0 saturated heterocycles. The van der Waals surface area contributed by atoms with E-state index in [9.17, 15) is 0 Å². The van der Waals surface area contributed by atoms with Crippen LogP contribution in [0.15, 0.2) is 176 Å². The van der Waals surface area contributed by atoms with Crippen molar-refractivity contribution in [2.24, 2.45) is 0 Å². The lowest BCUT2D eigenvalue weighted by Gasteiger charge is -2.37. The molecule has 250 valence electrons. The number of fused-ring (bicyclic) bond motifs is 4. The minimum atomic E-state index is 0.223. The van der Waals surface area contributed by atoms with Crippen molar-refractivity contribution in [3.05, 3.63) is 209 Å². The van der Waals surface area contributed by atoms with E-state index in [1.165, 1.54) is 105 Å². The SMILES string of the molecule is Cc1cc(-c2ccc(-c3ccccc3)cc2)cc2c1B1c3c(C)cc(-c4ccc(-c5ccccc5)cc4)cc3Cc3cc(-c4ccccc4)cc(c31)C2. The summed E-state index contributed by atoms with van der Waals surface area (Å²) in [4.78, 5) is 0. The summed E-state index contributed by atoms with van der Waals surface area (Å²) in [5.74, 6) is 0. The largest absolute Gasteiger partial charge is 0.243 e. The zero-order chi connectivity index (χ0) is 35.5. The molecule has 8 aromatic rings. The fraction of sp³-hybridized carbons (Fsp3) is 0.0769. The predicted molar refractivity (Wildman–Crippen MR) is 226 cm³/mol. The van der Waals surface area contributed by atoms with Gasteiger partial charge in [-0.3, -0.25) is 0 Å². The van der Waals surface area contributed by atoms with Crippen LogP contribution in [0.25, 0.3) is 55.6 Å². The summed E-state index contributed by atoms with van der Waals surface area (Å²) in [6, 6.07) is 65.3. The van der Waals surface area contributed by atoms with Gasteiger partial charge in [-0.25, -0.2) is 0 Å². The summed E-state index contributed by atoms with van der Waals surface area (Å²) < 4.78 is 0. The summed E-state index contributed by atoms with van der Waals surface area (Å²) in [5.41, 5.74) is 25.9. The van der Waals surface area contributed by atoms with E-state index in [0.29, 0.717) is 0 Å². The fourth-order valence-electron chi connectivity index (χ4n) is 9.25. The number of hydrogen-bond acceptors (Lipinski definition) is 0. The smallest absolute Gasteiger partial charge is 0.0622 e. The molecule has 10 rings (SSSR count). The lowest BCUT2D eigenvalue weighted by Crippen LogP contribution is -2.62. The first-order chi connectivity index (χ1) is 26.1. The van der Waals surface area contributed by atoms with E-state index in [-0.39, 0.29) is 6.71 Å². The van der Waals surface area contributed by atoms with E-state index in [1.807, 2.05) is 0 Å². The van der Waals surface area contributed by atoms with E-state index in [1.54, 1.807) is 0 Å². The van der Waals surface area contributed by atoms with Gasteiger partial charge in [0.15, 0.2) is 0 Å². The molecular formula is C52H39B. The van der Waals surface area contributed by atoms with Crippen molar-refractivity contribution in [3.63, 3.8) is 0 Å². The third-order valence-corrected chi connectivity index (χ3v) is 11.7. The predicted octanol–water partition coefficient (Wildman–Crippen LogP) is 11.0. The first kappa shape index (κ1) is 31.6. The summed E-state index contributed by atoms with van der Waals surface area (Å²) in [7, 11) is 0. The summed E-state index contributed by atoms with van der Waals surface area (Å²) in [6.45, 7) is 4.91. The van der Waals surface area contributed by atoms with Crippen LogP contribution in [0.2, 0.25) is 0 Å². The highest BCUT2D eigenvalue weighted by molar-refractivity contribution is 6.97. The molecule has 0 amide bonds. The van der Waals surface area contributed by atoms with Crippen LogP contribution in [0.5, 0.6) is 0 Å². The third kappa shape index (κ3) is 5.56. The highest BCUT2D eigenvalue weighted by atomic mass is 14.3. The lowest BCUT2D eigenvalue weighted by atomic mass is 9.29. The highest BCUT2D eigenvalue weighted by Gasteiger charge is 2.39. The maximum Gasteiger partial charge on any atom is 0.243 e. The van der Waals surface area contributed by atoms with Crippen LogP contribution < -0.4 is 16.4 Å². The Kier molecular flexibility index (Phi) is 7.62. The number of aryl methyl sites for hydroxylation is 2. The average molecular weight is 675 g/mol. The van der Waals surface area contributed by atoms with Gasteiger partial charge in [0.2, 0.25) is 6.71 Å². The van der Waals surface area contributed by atoms with E-state index >= 15 is 0 Å². The van der Waals surface area contributed by atoms with Crippen LogP contribution in [-0.2, 0) is 12.8 Å². The number of hydrogen-bond donors (Lipinski definition) is 0. The molecular weight excluding hydrogens is 635 g/mol.